The number of methoxy groups -OCH3 is 1. The molecule has 0 spiro atoms. The van der Waals surface area contributed by atoms with E-state index in [1.54, 1.807) is 31.4 Å². The molecule has 0 aliphatic rings. The fourth-order valence-electron chi connectivity index (χ4n) is 4.92. The van der Waals surface area contributed by atoms with E-state index < -0.39 is 22.6 Å². The molecule has 0 aromatic heterocycles. The van der Waals surface area contributed by atoms with Crippen molar-refractivity contribution in [1.82, 2.24) is 0 Å². The second-order valence-corrected chi connectivity index (χ2v) is 10.3. The predicted molar refractivity (Wildman–Crippen MR) is 129 cm³/mol. The van der Waals surface area contributed by atoms with Crippen LogP contribution in [0.15, 0.2) is 72.8 Å². The molecule has 0 saturated heterocycles. The quantitative estimate of drug-likeness (QED) is 0.313. The molecule has 1 unspecified atom stereocenters. The second kappa shape index (κ2) is 9.09. The number of hydrogen-bond donors (Lipinski definition) is 0. The molecule has 0 heterocycles. The zero-order valence-electron chi connectivity index (χ0n) is 20.6. The maximum Gasteiger partial charge on any atom is 0.416 e. The molecular weight excluding hydrogens is 440 g/mol. The van der Waals surface area contributed by atoms with Crippen molar-refractivity contribution < 1.29 is 22.3 Å². The van der Waals surface area contributed by atoms with Gasteiger partial charge >= 0.3 is 6.18 Å². The van der Waals surface area contributed by atoms with Gasteiger partial charge in [-0.25, -0.2) is 4.39 Å². The van der Waals surface area contributed by atoms with Crippen molar-refractivity contribution in [3.05, 3.63) is 101 Å². The molecule has 3 rings (SSSR count). The summed E-state index contributed by atoms with van der Waals surface area (Å²) in [4.78, 5) is 0. The molecule has 1 nitrogen and oxygen atoms in total. The van der Waals surface area contributed by atoms with Crippen LogP contribution >= 0.6 is 0 Å². The smallest absolute Gasteiger partial charge is 0.416 e. The van der Waals surface area contributed by atoms with Gasteiger partial charge in [0, 0.05) is 5.41 Å². The highest BCUT2D eigenvalue weighted by Gasteiger charge is 2.47. The highest BCUT2D eigenvalue weighted by atomic mass is 19.4. The summed E-state index contributed by atoms with van der Waals surface area (Å²) >= 11 is 0. The summed E-state index contributed by atoms with van der Waals surface area (Å²) < 4.78 is 58.8. The Morgan fingerprint density at radius 1 is 0.618 bits per heavy atom. The topological polar surface area (TPSA) is 9.23 Å². The Labute approximate surface area is 199 Å². The molecule has 0 bridgehead atoms. The Kier molecular flexibility index (Phi) is 6.89. The Hall–Kier alpha value is -2.82. The lowest BCUT2D eigenvalue weighted by molar-refractivity contribution is -0.137. The Bertz CT molecular complexity index is 1090. The van der Waals surface area contributed by atoms with Crippen LogP contribution in [0, 0.1) is 5.82 Å². The van der Waals surface area contributed by atoms with Crippen molar-refractivity contribution in [3.8, 4) is 5.75 Å². The third kappa shape index (κ3) is 4.98. The summed E-state index contributed by atoms with van der Waals surface area (Å²) in [6, 6.07) is 19.7. The van der Waals surface area contributed by atoms with E-state index in [0.29, 0.717) is 6.42 Å². The van der Waals surface area contributed by atoms with E-state index in [0.717, 1.165) is 34.6 Å². The van der Waals surface area contributed by atoms with E-state index in [1.807, 2.05) is 24.3 Å². The van der Waals surface area contributed by atoms with Gasteiger partial charge in [0.15, 0.2) is 0 Å². The minimum Gasteiger partial charge on any atom is -0.497 e. The summed E-state index contributed by atoms with van der Waals surface area (Å²) in [5.41, 5.74) is 0.719. The number of rotatable bonds is 7. The molecule has 3 aromatic carbocycles. The lowest BCUT2D eigenvalue weighted by atomic mass is 9.54. The molecule has 0 saturated carbocycles. The molecule has 3 aromatic rings. The van der Waals surface area contributed by atoms with Crippen LogP contribution in [0.2, 0.25) is 0 Å². The molecule has 0 aliphatic heterocycles. The van der Waals surface area contributed by atoms with Crippen LogP contribution in [0.1, 0.15) is 63.3 Å². The molecule has 0 radical (unpaired) electrons. The van der Waals surface area contributed by atoms with E-state index in [2.05, 4.69) is 34.6 Å². The first-order valence-electron chi connectivity index (χ1n) is 11.3. The van der Waals surface area contributed by atoms with Crippen LogP contribution < -0.4 is 4.74 Å². The van der Waals surface area contributed by atoms with Gasteiger partial charge in [-0.1, -0.05) is 71.0 Å². The highest BCUT2D eigenvalue weighted by molar-refractivity contribution is 5.41. The van der Waals surface area contributed by atoms with E-state index in [1.165, 1.54) is 12.1 Å². The zero-order chi connectivity index (χ0) is 25.4. The first-order chi connectivity index (χ1) is 15.7. The number of ether oxygens (including phenoxy) is 1. The van der Waals surface area contributed by atoms with Crippen molar-refractivity contribution in [2.45, 2.75) is 63.5 Å². The van der Waals surface area contributed by atoms with Gasteiger partial charge in [-0.15, -0.1) is 0 Å². The summed E-state index contributed by atoms with van der Waals surface area (Å²) in [6.45, 7) is 10.5. The van der Waals surface area contributed by atoms with Crippen LogP contribution in [0.25, 0.3) is 0 Å². The van der Waals surface area contributed by atoms with Gasteiger partial charge < -0.3 is 4.74 Å². The van der Waals surface area contributed by atoms with E-state index in [4.69, 9.17) is 4.74 Å². The van der Waals surface area contributed by atoms with Gasteiger partial charge in [-0.3, -0.25) is 0 Å². The summed E-state index contributed by atoms with van der Waals surface area (Å²) in [6.07, 6.45) is -3.76. The van der Waals surface area contributed by atoms with Crippen LogP contribution in [0.3, 0.4) is 0 Å². The van der Waals surface area contributed by atoms with Gasteiger partial charge in [0.2, 0.25) is 0 Å². The van der Waals surface area contributed by atoms with Crippen molar-refractivity contribution in [1.29, 1.82) is 0 Å². The lowest BCUT2D eigenvalue weighted by Gasteiger charge is -2.49. The van der Waals surface area contributed by atoms with Crippen molar-refractivity contribution >= 4 is 0 Å². The molecule has 1 atom stereocenters. The fourth-order valence-corrected chi connectivity index (χ4v) is 4.92. The summed E-state index contributed by atoms with van der Waals surface area (Å²) in [7, 11) is 1.62. The molecule has 182 valence electrons. The third-order valence-electron chi connectivity index (χ3n) is 7.46. The van der Waals surface area contributed by atoms with E-state index >= 15 is 0 Å². The van der Waals surface area contributed by atoms with Crippen LogP contribution in [0.4, 0.5) is 17.6 Å². The zero-order valence-corrected chi connectivity index (χ0v) is 20.6. The number of hydrogen-bond acceptors (Lipinski definition) is 1. The van der Waals surface area contributed by atoms with Gasteiger partial charge in [-0.05, 0) is 70.3 Å². The molecule has 0 amide bonds. The Morgan fingerprint density at radius 3 is 1.53 bits per heavy atom. The number of alkyl halides is 3. The molecule has 0 fully saturated rings. The predicted octanol–water partition coefficient (Wildman–Crippen LogP) is 8.46. The largest absolute Gasteiger partial charge is 0.497 e. The maximum atomic E-state index is 13.7. The van der Waals surface area contributed by atoms with Gasteiger partial charge in [0.25, 0.3) is 0 Å². The monoisotopic (exact) mass is 472 g/mol. The molecular formula is C29H32F4O. The average Bonchev–Trinajstić information content (AvgIpc) is 2.78. The molecule has 0 N–H and O–H groups in total. The first-order valence-corrected chi connectivity index (χ1v) is 11.3. The Balaban J connectivity index is 2.13. The van der Waals surface area contributed by atoms with Crippen LogP contribution in [0.5, 0.6) is 5.75 Å². The normalized spacial score (nSPS) is 14.5. The molecule has 0 aliphatic carbocycles. The maximum absolute atomic E-state index is 13.7. The standard InChI is InChI=1S/C29H32F4O/c1-26(2,20-13-17-25(34-6)18-14-20)19-28(5,22-7-9-23(10-8-22)29(31,32)33)27(3,4)21-11-15-24(30)16-12-21/h7-18H,19H2,1-6H3. The van der Waals surface area contributed by atoms with Crippen LogP contribution in [-0.2, 0) is 22.4 Å². The third-order valence-corrected chi connectivity index (χ3v) is 7.46. The van der Waals surface area contributed by atoms with Crippen molar-refractivity contribution in [2.24, 2.45) is 0 Å². The number of halogens is 4. The van der Waals surface area contributed by atoms with E-state index in [9.17, 15) is 17.6 Å². The molecule has 5 heteroatoms. The van der Waals surface area contributed by atoms with Gasteiger partial charge in [0.1, 0.15) is 11.6 Å². The minimum absolute atomic E-state index is 0.318. The molecule has 34 heavy (non-hydrogen) atoms. The average molecular weight is 473 g/mol. The van der Waals surface area contributed by atoms with E-state index in [-0.39, 0.29) is 11.2 Å². The van der Waals surface area contributed by atoms with Gasteiger partial charge in [0.05, 0.1) is 12.7 Å². The van der Waals surface area contributed by atoms with Crippen molar-refractivity contribution in [2.75, 3.05) is 7.11 Å². The van der Waals surface area contributed by atoms with Gasteiger partial charge in [-0.2, -0.15) is 13.2 Å². The lowest BCUT2D eigenvalue weighted by Crippen LogP contribution is -2.46. The fraction of sp³-hybridized carbons (Fsp3) is 0.379. The second-order valence-electron chi connectivity index (χ2n) is 10.3. The van der Waals surface area contributed by atoms with Crippen LogP contribution in [-0.4, -0.2) is 7.11 Å². The SMILES string of the molecule is COc1ccc(C(C)(C)CC(C)(c2ccc(C(F)(F)F)cc2)C(C)(C)c2ccc(F)cc2)cc1. The Morgan fingerprint density at radius 2 is 1.06 bits per heavy atom. The number of benzene rings is 3. The van der Waals surface area contributed by atoms with Crippen molar-refractivity contribution in [3.63, 3.8) is 0 Å². The first kappa shape index (κ1) is 25.8. The highest BCUT2D eigenvalue weighted by Crippen LogP contribution is 2.51. The minimum atomic E-state index is -4.40. The summed E-state index contributed by atoms with van der Waals surface area (Å²) in [5.74, 6) is 0.436. The summed E-state index contributed by atoms with van der Waals surface area (Å²) in [5, 5.41) is 0.